The maximum Gasteiger partial charge on any atom is 0.324 e. The normalized spacial score (nSPS) is 12.9. The largest absolute Gasteiger partial charge is 0.497 e. The number of carboxylic acids is 1. The Morgan fingerprint density at radius 3 is 2.00 bits per heavy atom. The highest BCUT2D eigenvalue weighted by molar-refractivity contribution is 7.89. The zero-order valence-corrected chi connectivity index (χ0v) is 17.6. The molecular formula is C20H27N2O6S+. The Kier molecular flexibility index (Phi) is 7.74. The molecule has 0 unspecified atom stereocenters. The maximum atomic E-state index is 13.1. The lowest BCUT2D eigenvalue weighted by Crippen LogP contribution is -2.55. The molecule has 2 aromatic carbocycles. The third-order valence-electron chi connectivity index (χ3n) is 4.14. The van der Waals surface area contributed by atoms with Crippen molar-refractivity contribution in [2.45, 2.75) is 37.3 Å². The van der Waals surface area contributed by atoms with Gasteiger partial charge in [0.25, 0.3) is 10.0 Å². The Morgan fingerprint density at radius 2 is 1.59 bits per heavy atom. The van der Waals surface area contributed by atoms with Crippen LogP contribution in [0.4, 0.5) is 0 Å². The monoisotopic (exact) mass is 423 g/mol. The van der Waals surface area contributed by atoms with Gasteiger partial charge in [0.15, 0.2) is 6.04 Å². The molecule has 9 heteroatoms. The molecule has 0 amide bonds. The zero-order valence-electron chi connectivity index (χ0n) is 16.7. The number of hydrogen-bond acceptors (Lipinski definition) is 5. The first kappa shape index (κ1) is 22.8. The van der Waals surface area contributed by atoms with Gasteiger partial charge in [-0.1, -0.05) is 28.7 Å². The van der Waals surface area contributed by atoms with Gasteiger partial charge in [-0.15, -0.1) is 0 Å². The third kappa shape index (κ3) is 5.54. The smallest absolute Gasteiger partial charge is 0.324 e. The fraction of sp³-hybridized carbons (Fsp3) is 0.350. The van der Waals surface area contributed by atoms with Crippen LogP contribution in [0.3, 0.4) is 0 Å². The van der Waals surface area contributed by atoms with Crippen LogP contribution in [0, 0.1) is 0 Å². The summed E-state index contributed by atoms with van der Waals surface area (Å²) in [7, 11) is -2.61. The molecule has 2 rings (SSSR count). The number of nitrogens with zero attached hydrogens (tertiary/aromatic N) is 1. The molecule has 0 saturated carbocycles. The standard InChI is InChI=1S/C20H26N2O6S/c1-14(2)28-22(19(12-13-21)20(23)24)29(25,26)18-10-6-16(7-11-18)15-4-8-17(27-3)9-5-15/h4-11,14,19H,12-13,21H2,1-3H3,(H,23,24)/p+1/t19-/m1/s1. The van der Waals surface area contributed by atoms with Gasteiger partial charge in [-0.05, 0) is 49.2 Å². The first-order valence-electron chi connectivity index (χ1n) is 9.18. The summed E-state index contributed by atoms with van der Waals surface area (Å²) >= 11 is 0. The molecule has 0 heterocycles. The van der Waals surface area contributed by atoms with Crippen molar-refractivity contribution in [1.29, 1.82) is 0 Å². The van der Waals surface area contributed by atoms with Gasteiger partial charge >= 0.3 is 5.97 Å². The van der Waals surface area contributed by atoms with Crippen LogP contribution >= 0.6 is 0 Å². The molecule has 0 aliphatic heterocycles. The fourth-order valence-corrected chi connectivity index (χ4v) is 4.23. The number of aliphatic carboxylic acids is 1. The molecule has 0 aromatic heterocycles. The van der Waals surface area contributed by atoms with Crippen molar-refractivity contribution < 1.29 is 33.6 Å². The predicted octanol–water partition coefficient (Wildman–Crippen LogP) is 1.78. The zero-order chi connectivity index (χ0) is 21.6. The molecule has 0 bridgehead atoms. The Bertz CT molecular complexity index is 911. The lowest BCUT2D eigenvalue weighted by molar-refractivity contribution is -0.371. The summed E-state index contributed by atoms with van der Waals surface area (Å²) in [5.41, 5.74) is 5.34. The van der Waals surface area contributed by atoms with Crippen molar-refractivity contribution in [2.24, 2.45) is 0 Å². The van der Waals surface area contributed by atoms with Crippen molar-refractivity contribution in [1.82, 2.24) is 4.47 Å². The summed E-state index contributed by atoms with van der Waals surface area (Å²) in [4.78, 5) is 17.0. The Labute approximate surface area is 170 Å². The number of carboxylic acid groups (broad SMARTS) is 1. The first-order chi connectivity index (χ1) is 13.7. The van der Waals surface area contributed by atoms with Crippen LogP contribution in [0.15, 0.2) is 53.4 Å². The summed E-state index contributed by atoms with van der Waals surface area (Å²) < 4.78 is 32.0. The van der Waals surface area contributed by atoms with E-state index in [-0.39, 0.29) is 17.9 Å². The second-order valence-electron chi connectivity index (χ2n) is 6.66. The molecule has 0 fully saturated rings. The van der Waals surface area contributed by atoms with Crippen molar-refractivity contribution in [3.63, 3.8) is 0 Å². The van der Waals surface area contributed by atoms with E-state index in [9.17, 15) is 18.3 Å². The van der Waals surface area contributed by atoms with Crippen LogP contribution in [-0.2, 0) is 19.7 Å². The van der Waals surface area contributed by atoms with Gasteiger partial charge in [0.1, 0.15) is 5.75 Å². The van der Waals surface area contributed by atoms with E-state index in [4.69, 9.17) is 9.57 Å². The van der Waals surface area contributed by atoms with E-state index >= 15 is 0 Å². The fourth-order valence-electron chi connectivity index (χ4n) is 2.72. The van der Waals surface area contributed by atoms with Crippen LogP contribution < -0.4 is 10.5 Å². The molecule has 158 valence electrons. The highest BCUT2D eigenvalue weighted by Gasteiger charge is 2.38. The van der Waals surface area contributed by atoms with E-state index in [2.05, 4.69) is 5.73 Å². The second-order valence-corrected chi connectivity index (χ2v) is 8.45. The molecular weight excluding hydrogens is 396 g/mol. The van der Waals surface area contributed by atoms with Crippen molar-refractivity contribution in [3.8, 4) is 16.9 Å². The summed E-state index contributed by atoms with van der Waals surface area (Å²) in [5.74, 6) is -0.563. The van der Waals surface area contributed by atoms with Crippen LogP contribution in [0.5, 0.6) is 5.75 Å². The summed E-state index contributed by atoms with van der Waals surface area (Å²) in [6.45, 7) is 3.53. The van der Waals surface area contributed by atoms with Gasteiger partial charge in [-0.3, -0.25) is 9.63 Å². The number of methoxy groups -OCH3 is 1. The average Bonchev–Trinajstić information content (AvgIpc) is 2.70. The maximum absolute atomic E-state index is 13.1. The molecule has 29 heavy (non-hydrogen) atoms. The summed E-state index contributed by atoms with van der Waals surface area (Å²) in [6.07, 6.45) is -0.486. The Balaban J connectivity index is 2.38. The van der Waals surface area contributed by atoms with E-state index in [1.807, 2.05) is 24.3 Å². The van der Waals surface area contributed by atoms with Crippen LogP contribution in [0.1, 0.15) is 20.3 Å². The minimum Gasteiger partial charge on any atom is -0.497 e. The SMILES string of the molecule is COc1ccc(-c2ccc(S(=O)(=O)N(OC(C)C)[C@H](CC[NH3+])C(=O)O)cc2)cc1. The highest BCUT2D eigenvalue weighted by Crippen LogP contribution is 2.26. The second kappa shape index (κ2) is 9.84. The number of rotatable bonds is 10. The Morgan fingerprint density at radius 1 is 1.07 bits per heavy atom. The lowest BCUT2D eigenvalue weighted by atomic mass is 10.1. The highest BCUT2D eigenvalue weighted by atomic mass is 32.2. The quantitative estimate of drug-likeness (QED) is 0.562. The number of ether oxygens (including phenoxy) is 1. The van der Waals surface area contributed by atoms with E-state index < -0.39 is 28.1 Å². The molecule has 2 aromatic rings. The number of hydroxylamine groups is 1. The van der Waals surface area contributed by atoms with Gasteiger partial charge in [0.05, 0.1) is 24.7 Å². The molecule has 8 nitrogen and oxygen atoms in total. The molecule has 0 spiro atoms. The van der Waals surface area contributed by atoms with E-state index in [0.717, 1.165) is 16.9 Å². The minimum absolute atomic E-state index is 0.0330. The molecule has 4 N–H and O–H groups in total. The number of benzene rings is 2. The number of sulfonamides is 1. The molecule has 0 radical (unpaired) electrons. The van der Waals surface area contributed by atoms with Crippen LogP contribution in [0.2, 0.25) is 0 Å². The predicted molar refractivity (Wildman–Crippen MR) is 107 cm³/mol. The van der Waals surface area contributed by atoms with Crippen molar-refractivity contribution in [3.05, 3.63) is 48.5 Å². The lowest BCUT2D eigenvalue weighted by Gasteiger charge is -2.28. The molecule has 1 atom stereocenters. The first-order valence-corrected chi connectivity index (χ1v) is 10.6. The third-order valence-corrected chi connectivity index (χ3v) is 5.83. The Hall–Kier alpha value is -2.46. The van der Waals surface area contributed by atoms with Gasteiger partial charge in [0.2, 0.25) is 0 Å². The van der Waals surface area contributed by atoms with Crippen LogP contribution in [-0.4, -0.2) is 49.8 Å². The van der Waals surface area contributed by atoms with Crippen molar-refractivity contribution >= 4 is 16.0 Å². The number of carbonyl (C=O) groups is 1. The van der Waals surface area contributed by atoms with E-state index in [0.29, 0.717) is 4.47 Å². The van der Waals surface area contributed by atoms with E-state index in [1.165, 1.54) is 12.1 Å². The van der Waals surface area contributed by atoms with Gasteiger partial charge in [0, 0.05) is 6.42 Å². The van der Waals surface area contributed by atoms with Crippen molar-refractivity contribution in [2.75, 3.05) is 13.7 Å². The van der Waals surface area contributed by atoms with Gasteiger partial charge in [-0.25, -0.2) is 8.42 Å². The van der Waals surface area contributed by atoms with Gasteiger partial charge < -0.3 is 15.6 Å². The molecule has 0 aliphatic carbocycles. The number of hydrogen-bond donors (Lipinski definition) is 2. The molecule has 0 aliphatic rings. The van der Waals surface area contributed by atoms with E-state index in [1.54, 1.807) is 33.1 Å². The topological polar surface area (TPSA) is 121 Å². The summed E-state index contributed by atoms with van der Waals surface area (Å²) in [5, 5.41) is 9.51. The minimum atomic E-state index is -4.19. The number of quaternary nitrogens is 1. The molecule has 0 saturated heterocycles. The summed E-state index contributed by atoms with van der Waals surface area (Å²) in [6, 6.07) is 12.2. The van der Waals surface area contributed by atoms with Crippen LogP contribution in [0.25, 0.3) is 11.1 Å². The van der Waals surface area contributed by atoms with Gasteiger partial charge in [-0.2, -0.15) is 0 Å². The average molecular weight is 424 g/mol.